The van der Waals surface area contributed by atoms with Crippen molar-refractivity contribution in [3.8, 4) is 11.5 Å². The third-order valence-corrected chi connectivity index (χ3v) is 4.12. The number of aliphatic carboxylic acids is 1. The van der Waals surface area contributed by atoms with E-state index in [0.717, 1.165) is 29.9 Å². The normalized spacial score (nSPS) is 28.1. The second-order valence-electron chi connectivity index (χ2n) is 5.41. The van der Waals surface area contributed by atoms with Gasteiger partial charge in [0, 0.05) is 12.3 Å². The van der Waals surface area contributed by atoms with Gasteiger partial charge in [0.2, 0.25) is 0 Å². The van der Waals surface area contributed by atoms with E-state index < -0.39 is 12.0 Å². The van der Waals surface area contributed by atoms with E-state index in [9.17, 15) is 9.90 Å². The number of benzene rings is 1. The van der Waals surface area contributed by atoms with Crippen LogP contribution >= 0.6 is 0 Å². The van der Waals surface area contributed by atoms with Gasteiger partial charge >= 0.3 is 5.97 Å². The summed E-state index contributed by atoms with van der Waals surface area (Å²) in [5.74, 6) is 0.656. The second-order valence-corrected chi connectivity index (χ2v) is 5.41. The quantitative estimate of drug-likeness (QED) is 0.783. The highest BCUT2D eigenvalue weighted by molar-refractivity contribution is 5.74. The van der Waals surface area contributed by atoms with Crippen LogP contribution in [0.25, 0.3) is 0 Å². The Morgan fingerprint density at radius 3 is 2.76 bits per heavy atom. The molecule has 0 radical (unpaired) electrons. The summed E-state index contributed by atoms with van der Waals surface area (Å²) in [6, 6.07) is 5.20. The molecule has 2 aliphatic heterocycles. The maximum atomic E-state index is 11.3. The molecule has 3 atom stereocenters. The van der Waals surface area contributed by atoms with Crippen molar-refractivity contribution in [1.29, 1.82) is 0 Å². The van der Waals surface area contributed by atoms with Crippen LogP contribution < -0.4 is 20.3 Å². The molecule has 21 heavy (non-hydrogen) atoms. The Hall–Kier alpha value is -1.79. The van der Waals surface area contributed by atoms with Crippen LogP contribution in [-0.4, -0.2) is 30.3 Å². The lowest BCUT2D eigenvalue weighted by Gasteiger charge is -2.20. The summed E-state index contributed by atoms with van der Waals surface area (Å²) in [5, 5.41) is 9.26. The van der Waals surface area contributed by atoms with E-state index in [-0.39, 0.29) is 12.0 Å². The van der Waals surface area contributed by atoms with Crippen molar-refractivity contribution < 1.29 is 19.4 Å². The molecule has 3 rings (SSSR count). The predicted octanol–water partition coefficient (Wildman–Crippen LogP) is 1.48. The van der Waals surface area contributed by atoms with Crippen molar-refractivity contribution in [2.24, 2.45) is 5.92 Å². The number of hydrazine groups is 1. The zero-order chi connectivity index (χ0) is 14.8. The Morgan fingerprint density at radius 1 is 1.29 bits per heavy atom. The molecule has 114 valence electrons. The molecule has 0 spiro atoms. The molecule has 6 heteroatoms. The molecule has 2 aliphatic rings. The Kier molecular flexibility index (Phi) is 3.98. The number of hydrogen-bond acceptors (Lipinski definition) is 5. The van der Waals surface area contributed by atoms with Gasteiger partial charge in [-0.1, -0.05) is 13.0 Å². The standard InChI is InChI=1S/C15H20N2O4/c1-2-10-13(16-17-14(10)15(18)19)9-4-5-11-12(8-9)21-7-3-6-20-11/h4-5,8,10,13-14,16-17H,2-3,6-7H2,1H3,(H,18,19). The fourth-order valence-corrected chi connectivity index (χ4v) is 3.01. The molecular weight excluding hydrogens is 272 g/mol. The predicted molar refractivity (Wildman–Crippen MR) is 76.3 cm³/mol. The van der Waals surface area contributed by atoms with Crippen LogP contribution in [0, 0.1) is 5.92 Å². The van der Waals surface area contributed by atoms with Gasteiger partial charge in [-0.05, 0) is 24.1 Å². The highest BCUT2D eigenvalue weighted by Crippen LogP contribution is 2.37. The van der Waals surface area contributed by atoms with E-state index >= 15 is 0 Å². The number of carboxylic acids is 1. The Bertz CT molecular complexity index is 534. The summed E-state index contributed by atoms with van der Waals surface area (Å²) >= 11 is 0. The first-order valence-corrected chi connectivity index (χ1v) is 7.34. The van der Waals surface area contributed by atoms with Crippen molar-refractivity contribution in [2.45, 2.75) is 31.8 Å². The highest BCUT2D eigenvalue weighted by Gasteiger charge is 2.39. The highest BCUT2D eigenvalue weighted by atomic mass is 16.5. The lowest BCUT2D eigenvalue weighted by Crippen LogP contribution is -2.38. The van der Waals surface area contributed by atoms with Gasteiger partial charge in [0.1, 0.15) is 6.04 Å². The summed E-state index contributed by atoms with van der Waals surface area (Å²) in [6.45, 7) is 3.31. The fourth-order valence-electron chi connectivity index (χ4n) is 3.01. The third kappa shape index (κ3) is 2.69. The van der Waals surface area contributed by atoms with Gasteiger partial charge < -0.3 is 14.6 Å². The zero-order valence-corrected chi connectivity index (χ0v) is 12.0. The van der Waals surface area contributed by atoms with E-state index in [4.69, 9.17) is 9.47 Å². The van der Waals surface area contributed by atoms with Gasteiger partial charge in [0.15, 0.2) is 11.5 Å². The minimum atomic E-state index is -0.828. The molecule has 0 bridgehead atoms. The number of fused-ring (bicyclic) bond motifs is 1. The van der Waals surface area contributed by atoms with Gasteiger partial charge in [0.05, 0.1) is 19.3 Å². The number of rotatable bonds is 3. The van der Waals surface area contributed by atoms with Crippen LogP contribution in [-0.2, 0) is 4.79 Å². The van der Waals surface area contributed by atoms with Crippen LogP contribution in [0.3, 0.4) is 0 Å². The average molecular weight is 292 g/mol. The molecule has 3 unspecified atom stereocenters. The summed E-state index contributed by atoms with van der Waals surface area (Å²) in [7, 11) is 0. The Balaban J connectivity index is 1.86. The zero-order valence-electron chi connectivity index (χ0n) is 12.0. The molecule has 0 saturated carbocycles. The van der Waals surface area contributed by atoms with E-state index in [2.05, 4.69) is 10.9 Å². The van der Waals surface area contributed by atoms with Crippen molar-refractivity contribution in [1.82, 2.24) is 10.9 Å². The molecule has 3 N–H and O–H groups in total. The topological polar surface area (TPSA) is 79.8 Å². The summed E-state index contributed by atoms with van der Waals surface area (Å²) in [5.41, 5.74) is 6.99. The van der Waals surface area contributed by atoms with Crippen LogP contribution in [0.2, 0.25) is 0 Å². The third-order valence-electron chi connectivity index (χ3n) is 4.12. The van der Waals surface area contributed by atoms with Gasteiger partial charge in [-0.15, -0.1) is 0 Å². The maximum Gasteiger partial charge on any atom is 0.322 e. The van der Waals surface area contributed by atoms with E-state index in [1.165, 1.54) is 0 Å². The first kappa shape index (κ1) is 14.2. The summed E-state index contributed by atoms with van der Waals surface area (Å²) < 4.78 is 11.3. The fraction of sp³-hybridized carbons (Fsp3) is 0.533. The van der Waals surface area contributed by atoms with Gasteiger partial charge in [-0.2, -0.15) is 0 Å². The molecule has 1 aromatic rings. The smallest absolute Gasteiger partial charge is 0.322 e. The minimum absolute atomic E-state index is 0.00718. The number of carbonyl (C=O) groups is 1. The Labute approximate surface area is 123 Å². The monoisotopic (exact) mass is 292 g/mol. The number of carboxylic acid groups (broad SMARTS) is 1. The molecule has 0 amide bonds. The molecular formula is C15H20N2O4. The summed E-state index contributed by atoms with van der Waals surface area (Å²) in [6.07, 6.45) is 1.64. The lowest BCUT2D eigenvalue weighted by atomic mass is 9.87. The Morgan fingerprint density at radius 2 is 2.05 bits per heavy atom. The van der Waals surface area contributed by atoms with E-state index in [1.54, 1.807) is 0 Å². The first-order chi connectivity index (χ1) is 10.2. The molecule has 1 saturated heterocycles. The van der Waals surface area contributed by atoms with Crippen molar-refractivity contribution in [3.63, 3.8) is 0 Å². The van der Waals surface area contributed by atoms with E-state index in [1.807, 2.05) is 25.1 Å². The number of hydrogen-bond donors (Lipinski definition) is 3. The molecule has 1 aromatic carbocycles. The first-order valence-electron chi connectivity index (χ1n) is 7.34. The molecule has 0 aliphatic carbocycles. The largest absolute Gasteiger partial charge is 0.490 e. The van der Waals surface area contributed by atoms with Gasteiger partial charge in [0.25, 0.3) is 0 Å². The van der Waals surface area contributed by atoms with Crippen LogP contribution in [0.5, 0.6) is 11.5 Å². The van der Waals surface area contributed by atoms with Gasteiger partial charge in [-0.3, -0.25) is 4.79 Å². The van der Waals surface area contributed by atoms with Gasteiger partial charge in [-0.25, -0.2) is 10.9 Å². The maximum absolute atomic E-state index is 11.3. The molecule has 2 heterocycles. The SMILES string of the molecule is CCC1C(C(=O)O)NNC1c1ccc2c(c1)OCCCO2. The van der Waals surface area contributed by atoms with Crippen LogP contribution in [0.4, 0.5) is 0 Å². The van der Waals surface area contributed by atoms with Crippen molar-refractivity contribution in [2.75, 3.05) is 13.2 Å². The molecule has 0 aromatic heterocycles. The average Bonchev–Trinajstić information content (AvgIpc) is 2.78. The van der Waals surface area contributed by atoms with Crippen LogP contribution in [0.1, 0.15) is 31.4 Å². The van der Waals surface area contributed by atoms with Crippen molar-refractivity contribution in [3.05, 3.63) is 23.8 Å². The summed E-state index contributed by atoms with van der Waals surface area (Å²) in [4.78, 5) is 11.3. The number of ether oxygens (including phenoxy) is 2. The number of nitrogens with one attached hydrogen (secondary N) is 2. The second kappa shape index (κ2) is 5.91. The molecule has 6 nitrogen and oxygen atoms in total. The van der Waals surface area contributed by atoms with Crippen molar-refractivity contribution >= 4 is 5.97 Å². The molecule has 1 fully saturated rings. The minimum Gasteiger partial charge on any atom is -0.490 e. The van der Waals surface area contributed by atoms with Crippen LogP contribution in [0.15, 0.2) is 18.2 Å². The lowest BCUT2D eigenvalue weighted by molar-refractivity contribution is -0.140. The van der Waals surface area contributed by atoms with E-state index in [0.29, 0.717) is 13.2 Å².